The zero-order chi connectivity index (χ0) is 57.5. The van der Waals surface area contributed by atoms with Crippen molar-refractivity contribution in [1.29, 1.82) is 0 Å². The molecule has 6 amide bonds. The van der Waals surface area contributed by atoms with Crippen molar-refractivity contribution in [2.24, 2.45) is 5.92 Å². The molecular weight excluding hydrogens is 1160 g/mol. The average Bonchev–Trinajstić information content (AvgIpc) is 4.33. The number of fused-ring (bicyclic) bond motifs is 14. The second-order valence-corrected chi connectivity index (χ2v) is 24.1. The molecule has 0 fully saturated rings. The van der Waals surface area contributed by atoms with Crippen LogP contribution in [0.1, 0.15) is 106 Å². The molecule has 1 aromatic carbocycles. The molecule has 1 aliphatic heterocycles. The van der Waals surface area contributed by atoms with E-state index in [0.717, 1.165) is 34.0 Å². The van der Waals surface area contributed by atoms with Crippen LogP contribution < -0.4 is 31.9 Å². The van der Waals surface area contributed by atoms with Gasteiger partial charge < -0.3 is 51.6 Å². The minimum Gasteiger partial charge on any atom is -0.480 e. The molecule has 0 radical (unpaired) electrons. The molecular formula is C51H49N13O11S6. The number of benzene rings is 1. The number of thiazole rings is 6. The predicted molar refractivity (Wildman–Crippen MR) is 304 cm³/mol. The van der Waals surface area contributed by atoms with Gasteiger partial charge in [0.15, 0.2) is 0 Å². The van der Waals surface area contributed by atoms with Crippen molar-refractivity contribution in [2.75, 3.05) is 39.2 Å². The van der Waals surface area contributed by atoms with Crippen molar-refractivity contribution in [3.8, 4) is 42.5 Å². The number of aliphatic hydroxyl groups excluding tert-OH is 1. The number of nitrogens with zero attached hydrogens (tertiary/aromatic N) is 7. The van der Waals surface area contributed by atoms with Crippen molar-refractivity contribution in [3.05, 3.63) is 112 Å². The fourth-order valence-corrected chi connectivity index (χ4v) is 13.7. The van der Waals surface area contributed by atoms with Crippen LogP contribution in [0, 0.1) is 12.8 Å². The van der Waals surface area contributed by atoms with Gasteiger partial charge in [0, 0.05) is 46.9 Å². The van der Waals surface area contributed by atoms with Crippen molar-refractivity contribution < 1.29 is 53.2 Å². The quantitative estimate of drug-likeness (QED) is 0.0623. The van der Waals surface area contributed by atoms with Gasteiger partial charge in [-0.15, -0.1) is 68.0 Å². The summed E-state index contributed by atoms with van der Waals surface area (Å²) >= 11 is 7.04. The Morgan fingerprint density at radius 1 is 0.728 bits per heavy atom. The number of ether oxygens (including phenoxy) is 2. The molecule has 8 aromatic rings. The molecule has 10 bridgehead atoms. The van der Waals surface area contributed by atoms with Crippen molar-refractivity contribution in [2.45, 2.75) is 58.0 Å². The predicted octanol–water partition coefficient (Wildman–Crippen LogP) is 6.35. The standard InChI is InChI=1S/C51H49N13O11S6/c1-22(2)37-51-64-40(31(81-51)16-74-5)44(72)53-15-34(66)61-41(42(70)24-9-7-6-8-10-24)50-58-29(20-77-50)47-54-14-30(80-47)39-25(11-12-26(55-39)48-60-32(21-78-48)59-35(67)17-75-18-36(68)69)46-57-28(19-76-46)43(71)56-27(13-33(65)52-4)49-63-38(23(3)79-49)45(73)62-37/h6-12,14,19-22,27,37,41-42,70H,13,15-18H2,1-5H3,(H,52,65)(H,53,72)(H,56,71)(H,59,67)(H,61,66)(H,62,73)(H,68,69)/t27-,37-,41-,42-/m0/s1. The zero-order valence-electron chi connectivity index (χ0n) is 43.4. The summed E-state index contributed by atoms with van der Waals surface area (Å²) < 4.78 is 10.3. The van der Waals surface area contributed by atoms with E-state index >= 15 is 0 Å². The number of anilines is 1. The van der Waals surface area contributed by atoms with Crippen LogP contribution in [0.25, 0.3) is 42.5 Å². The summed E-state index contributed by atoms with van der Waals surface area (Å²) in [5.74, 6) is -4.85. The Hall–Kier alpha value is -7.68. The first-order chi connectivity index (χ1) is 39.0. The lowest BCUT2D eigenvalue weighted by Gasteiger charge is -2.23. The van der Waals surface area contributed by atoms with E-state index in [1.165, 1.54) is 48.2 Å². The van der Waals surface area contributed by atoms with Gasteiger partial charge in [-0.1, -0.05) is 44.2 Å². The Morgan fingerprint density at radius 3 is 2.25 bits per heavy atom. The number of amides is 6. The maximum Gasteiger partial charge on any atom is 0.329 e. The lowest BCUT2D eigenvalue weighted by Crippen LogP contribution is -2.40. The summed E-state index contributed by atoms with van der Waals surface area (Å²) in [5.41, 5.74) is 2.23. The second-order valence-electron chi connectivity index (χ2n) is 18.1. The van der Waals surface area contributed by atoms with Crippen LogP contribution in [-0.4, -0.2) is 120 Å². The third-order valence-corrected chi connectivity index (χ3v) is 17.9. The van der Waals surface area contributed by atoms with E-state index < -0.39 is 85.4 Å². The Balaban J connectivity index is 1.12. The number of hydrogen-bond acceptors (Lipinski definition) is 23. The van der Waals surface area contributed by atoms with Crippen LogP contribution >= 0.6 is 68.0 Å². The number of carboxylic acid groups (broad SMARTS) is 1. The SMILES string of the molecule is CNC(=O)C[C@@H]1NC(=O)c2csc(n2)-c2ccc(-c3nc(NC(=O)COCC(=O)O)cs3)nc2-c2cnc(s2)-c2csc(n2)[C@H]([C@@H](O)c2ccccc2)NC(=O)CNC(=O)c2nc(sc2COC)[C@H](C(C)C)NC(=O)c2nc1sc2C. The molecule has 1 aliphatic rings. The first kappa shape index (κ1) is 58.0. The van der Waals surface area contributed by atoms with Gasteiger partial charge in [0.05, 0.1) is 52.8 Å². The number of carboxylic acids is 1. The number of rotatable bonds is 13. The monoisotopic (exact) mass is 1210 g/mol. The molecule has 0 unspecified atom stereocenters. The van der Waals surface area contributed by atoms with Crippen molar-refractivity contribution in [1.82, 2.24) is 61.5 Å². The second kappa shape index (κ2) is 25.8. The average molecular weight is 1210 g/mol. The molecule has 8 heterocycles. The van der Waals surface area contributed by atoms with E-state index in [4.69, 9.17) is 34.5 Å². The summed E-state index contributed by atoms with van der Waals surface area (Å²) in [7, 11) is 2.92. The van der Waals surface area contributed by atoms with Crippen LogP contribution in [-0.2, 0) is 35.3 Å². The van der Waals surface area contributed by atoms with Gasteiger partial charge >= 0.3 is 5.97 Å². The molecule has 420 valence electrons. The fourth-order valence-electron chi connectivity index (χ4n) is 8.05. The normalized spacial score (nSPS) is 16.4. The van der Waals surface area contributed by atoms with E-state index in [1.807, 2.05) is 13.8 Å². The highest BCUT2D eigenvalue weighted by Crippen LogP contribution is 2.41. The Labute approximate surface area is 484 Å². The van der Waals surface area contributed by atoms with Gasteiger partial charge in [-0.3, -0.25) is 28.8 Å². The van der Waals surface area contributed by atoms with Gasteiger partial charge in [-0.05, 0) is 30.5 Å². The van der Waals surface area contributed by atoms with Gasteiger partial charge in [0.2, 0.25) is 11.8 Å². The molecule has 4 atom stereocenters. The first-order valence-electron chi connectivity index (χ1n) is 24.5. The smallest absolute Gasteiger partial charge is 0.329 e. The van der Waals surface area contributed by atoms with Gasteiger partial charge in [-0.25, -0.2) is 39.7 Å². The van der Waals surface area contributed by atoms with Crippen LogP contribution in [0.3, 0.4) is 0 Å². The number of carbonyl (C=O) groups is 7. The highest BCUT2D eigenvalue weighted by molar-refractivity contribution is 7.19. The fraction of sp³-hybridized carbons (Fsp3) is 0.294. The largest absolute Gasteiger partial charge is 0.480 e. The Bertz CT molecular complexity index is 3650. The van der Waals surface area contributed by atoms with E-state index in [1.54, 1.807) is 71.7 Å². The number of aliphatic hydroxyl groups is 1. The number of methoxy groups -OCH3 is 1. The topological polar surface area (TPSA) is 341 Å². The molecule has 7 aromatic heterocycles. The molecule has 0 saturated heterocycles. The summed E-state index contributed by atoms with van der Waals surface area (Å²) in [6.07, 6.45) is 0.0830. The molecule has 8 N–H and O–H groups in total. The maximum absolute atomic E-state index is 14.2. The van der Waals surface area contributed by atoms with Crippen molar-refractivity contribution >= 4 is 115 Å². The van der Waals surface area contributed by atoms with E-state index in [2.05, 4.69) is 46.9 Å². The third kappa shape index (κ3) is 13.7. The number of aromatic nitrogens is 7. The summed E-state index contributed by atoms with van der Waals surface area (Å²) in [4.78, 5) is 127. The highest BCUT2D eigenvalue weighted by atomic mass is 32.1. The number of pyridine rings is 1. The molecule has 30 heteroatoms. The van der Waals surface area contributed by atoms with Crippen LogP contribution in [0.15, 0.2) is 64.8 Å². The number of nitrogens with one attached hydrogen (secondary N) is 6. The molecule has 24 nitrogen and oxygen atoms in total. The summed E-state index contributed by atoms with van der Waals surface area (Å²) in [6.45, 7) is 3.76. The molecule has 0 spiro atoms. The molecule has 0 aliphatic carbocycles. The minimum atomic E-state index is -1.29. The maximum atomic E-state index is 14.2. The Kier molecular flexibility index (Phi) is 18.5. The Morgan fingerprint density at radius 2 is 1.49 bits per heavy atom. The number of aliphatic carboxylic acids is 1. The number of aryl methyl sites for hydroxylation is 1. The van der Waals surface area contributed by atoms with Crippen molar-refractivity contribution in [3.63, 3.8) is 0 Å². The van der Waals surface area contributed by atoms with E-state index in [0.29, 0.717) is 67.9 Å². The first-order valence-corrected chi connectivity index (χ1v) is 29.6. The third-order valence-electron chi connectivity index (χ3n) is 12.0. The molecule has 81 heavy (non-hydrogen) atoms. The highest BCUT2D eigenvalue weighted by Gasteiger charge is 2.33. The minimum absolute atomic E-state index is 0.00395. The van der Waals surface area contributed by atoms with Gasteiger partial charge in [0.1, 0.15) is 84.0 Å². The summed E-state index contributed by atoms with van der Waals surface area (Å²) in [5, 5.41) is 44.5. The van der Waals surface area contributed by atoms with E-state index in [9.17, 15) is 38.7 Å². The van der Waals surface area contributed by atoms with E-state index in [-0.39, 0.29) is 46.9 Å². The van der Waals surface area contributed by atoms with Crippen LogP contribution in [0.2, 0.25) is 0 Å². The molecule has 9 rings (SSSR count). The van der Waals surface area contributed by atoms with Crippen LogP contribution in [0.4, 0.5) is 5.82 Å². The van der Waals surface area contributed by atoms with Crippen LogP contribution in [0.5, 0.6) is 0 Å². The number of carbonyl (C=O) groups excluding carboxylic acids is 6. The lowest BCUT2D eigenvalue weighted by atomic mass is 10.0. The van der Waals surface area contributed by atoms with Gasteiger partial charge in [-0.2, -0.15) is 0 Å². The van der Waals surface area contributed by atoms with Gasteiger partial charge in [0.25, 0.3) is 23.6 Å². The zero-order valence-corrected chi connectivity index (χ0v) is 48.3. The number of hydrogen-bond donors (Lipinski definition) is 8. The summed E-state index contributed by atoms with van der Waals surface area (Å²) in [6, 6.07) is 9.35. The lowest BCUT2D eigenvalue weighted by molar-refractivity contribution is -0.143. The molecule has 0 saturated carbocycles.